The van der Waals surface area contributed by atoms with Crippen LogP contribution >= 0.6 is 0 Å². The molecule has 0 bridgehead atoms. The minimum atomic E-state index is -1.50. The van der Waals surface area contributed by atoms with Gasteiger partial charge in [-0.25, -0.2) is 19.2 Å². The van der Waals surface area contributed by atoms with E-state index in [-0.39, 0.29) is 13.2 Å². The molecule has 262 valence electrons. The van der Waals surface area contributed by atoms with E-state index in [0.29, 0.717) is 37.4 Å². The average molecular weight is 678 g/mol. The predicted molar refractivity (Wildman–Crippen MR) is 158 cm³/mol. The Morgan fingerprint density at radius 1 is 0.830 bits per heavy atom. The lowest BCUT2D eigenvalue weighted by molar-refractivity contribution is -0.742. The highest BCUT2D eigenvalue weighted by atomic mass is 16.9. The summed E-state index contributed by atoms with van der Waals surface area (Å²) in [6.07, 6.45) is 4.95. The molecule has 1 aromatic heterocycles. The number of anilines is 1. The Kier molecular flexibility index (Phi) is 27.6. The van der Waals surface area contributed by atoms with Crippen molar-refractivity contribution < 1.29 is 75.1 Å². The predicted octanol–water partition coefficient (Wildman–Crippen LogP) is 0.0602. The highest BCUT2D eigenvalue weighted by Gasteiger charge is 2.05. The number of pyridine rings is 1. The van der Waals surface area contributed by atoms with E-state index >= 15 is 0 Å². The Morgan fingerprint density at radius 2 is 1.26 bits per heavy atom. The van der Waals surface area contributed by atoms with Gasteiger partial charge in [0.25, 0.3) is 10.2 Å². The number of aliphatic hydroxyl groups excluding tert-OH is 2. The minimum absolute atomic E-state index is 0.115. The van der Waals surface area contributed by atoms with Gasteiger partial charge in [-0.3, -0.25) is 9.88 Å². The third kappa shape index (κ3) is 32.6. The van der Waals surface area contributed by atoms with Gasteiger partial charge in [0, 0.05) is 67.3 Å². The number of nitrogens with zero attached hydrogens (tertiary/aromatic N) is 4. The number of aromatic nitrogens is 1. The summed E-state index contributed by atoms with van der Waals surface area (Å²) >= 11 is 0. The van der Waals surface area contributed by atoms with Crippen molar-refractivity contribution in [1.29, 1.82) is 0 Å². The molecule has 22 nitrogen and oxygen atoms in total. The van der Waals surface area contributed by atoms with Crippen molar-refractivity contribution in [1.82, 2.24) is 9.88 Å². The van der Waals surface area contributed by atoms with Crippen LogP contribution in [0.4, 0.5) is 5.69 Å². The second-order valence-corrected chi connectivity index (χ2v) is 7.81. The number of rotatable bonds is 14. The largest absolute Gasteiger partial charge is 0.497 e. The number of aliphatic carboxylic acids is 4. The number of ether oxygens (including phenoxy) is 1. The standard InChI is InChI=1S/C17H25N3O3.2C4H4O4.2HNO3/c1-23-14-3-4-15-16(5-7-19-17(15)13-14)18-6-2-8-20(9-11-21)10-12-22;2*5-3(6)1-2-4(7)8;2*2-1(3)4/h3-5,7,13,21-22H,2,6,8-12H2,1H3,(H,18,19);2*1-2H,(H,5,6)(H,7,8);2*(H,2,3,4)/b;2*2-1+;;. The van der Waals surface area contributed by atoms with E-state index in [0.717, 1.165) is 41.9 Å². The fraction of sp³-hybridized carbons (Fsp3) is 0.320. The molecule has 2 rings (SSSR count). The monoisotopic (exact) mass is 677 g/mol. The summed E-state index contributed by atoms with van der Waals surface area (Å²) < 4.78 is 5.23. The van der Waals surface area contributed by atoms with Crippen LogP contribution in [0, 0.1) is 20.2 Å². The number of fused-ring (bicyclic) bond motifs is 1. The summed E-state index contributed by atoms with van der Waals surface area (Å²) in [4.78, 5) is 61.4. The van der Waals surface area contributed by atoms with Crippen LogP contribution in [-0.4, -0.2) is 131 Å². The van der Waals surface area contributed by atoms with Crippen LogP contribution in [0.5, 0.6) is 5.75 Å². The van der Waals surface area contributed by atoms with Crippen LogP contribution in [0.25, 0.3) is 10.9 Å². The lowest BCUT2D eigenvalue weighted by atomic mass is 10.1. The van der Waals surface area contributed by atoms with Crippen molar-refractivity contribution in [2.75, 3.05) is 51.8 Å². The number of carboxylic acids is 4. The van der Waals surface area contributed by atoms with E-state index < -0.39 is 34.1 Å². The lowest BCUT2D eigenvalue weighted by Gasteiger charge is -2.20. The molecule has 1 heterocycles. The van der Waals surface area contributed by atoms with Gasteiger partial charge >= 0.3 is 23.9 Å². The van der Waals surface area contributed by atoms with Gasteiger partial charge in [-0.05, 0) is 31.2 Å². The molecular weight excluding hydrogens is 642 g/mol. The maximum absolute atomic E-state index is 9.55. The number of hydrogen-bond donors (Lipinski definition) is 9. The Bertz CT molecular complexity index is 1230. The zero-order chi connectivity index (χ0) is 36.8. The first-order valence-electron chi connectivity index (χ1n) is 12.6. The molecule has 1 aromatic carbocycles. The molecule has 0 saturated heterocycles. The summed E-state index contributed by atoms with van der Waals surface area (Å²) in [5, 5.41) is 81.0. The van der Waals surface area contributed by atoms with Crippen molar-refractivity contribution in [3.8, 4) is 5.75 Å². The first-order valence-corrected chi connectivity index (χ1v) is 12.6. The fourth-order valence-electron chi connectivity index (χ4n) is 2.84. The molecule has 9 N–H and O–H groups in total. The fourth-order valence-corrected chi connectivity index (χ4v) is 2.84. The number of carboxylic acid groups (broad SMARTS) is 4. The number of nitrogens with one attached hydrogen (secondary N) is 1. The van der Waals surface area contributed by atoms with Gasteiger partial charge in [-0.1, -0.05) is 0 Å². The van der Waals surface area contributed by atoms with Crippen LogP contribution in [0.3, 0.4) is 0 Å². The summed E-state index contributed by atoms with van der Waals surface area (Å²) in [5.74, 6) is -4.23. The maximum Gasteiger partial charge on any atom is 0.328 e. The minimum Gasteiger partial charge on any atom is -0.497 e. The van der Waals surface area contributed by atoms with Gasteiger partial charge in [-0.15, -0.1) is 20.2 Å². The average Bonchev–Trinajstić information content (AvgIpc) is 2.97. The summed E-state index contributed by atoms with van der Waals surface area (Å²) in [6.45, 7) is 3.08. The van der Waals surface area contributed by atoms with Gasteiger partial charge in [-0.2, -0.15) is 0 Å². The maximum atomic E-state index is 9.55. The second-order valence-electron chi connectivity index (χ2n) is 7.81. The molecule has 0 radical (unpaired) electrons. The van der Waals surface area contributed by atoms with Gasteiger partial charge in [0.1, 0.15) is 5.75 Å². The van der Waals surface area contributed by atoms with Crippen molar-refractivity contribution in [3.63, 3.8) is 0 Å². The number of carbonyl (C=O) groups is 4. The molecule has 0 amide bonds. The lowest BCUT2D eigenvalue weighted by Crippen LogP contribution is -2.31. The number of aliphatic hydroxyl groups is 2. The molecule has 0 aliphatic rings. The third-order valence-corrected chi connectivity index (χ3v) is 4.49. The summed E-state index contributed by atoms with van der Waals surface area (Å²) in [7, 11) is 1.65. The molecule has 0 aliphatic carbocycles. The Balaban J connectivity index is -0.000000659. The second kappa shape index (κ2) is 28.6. The molecule has 0 saturated carbocycles. The number of benzene rings is 1. The summed E-state index contributed by atoms with van der Waals surface area (Å²) in [6, 6.07) is 7.82. The van der Waals surface area contributed by atoms with Gasteiger partial charge in [0.05, 0.1) is 25.8 Å². The quantitative estimate of drug-likeness (QED) is 0.0552. The Hall–Kier alpha value is -6.13. The molecule has 0 spiro atoms. The molecule has 22 heteroatoms. The Morgan fingerprint density at radius 3 is 1.62 bits per heavy atom. The molecule has 47 heavy (non-hydrogen) atoms. The molecule has 2 aromatic rings. The smallest absolute Gasteiger partial charge is 0.328 e. The van der Waals surface area contributed by atoms with E-state index in [9.17, 15) is 19.2 Å². The van der Waals surface area contributed by atoms with Crippen LogP contribution < -0.4 is 10.1 Å². The first-order chi connectivity index (χ1) is 22.0. The van der Waals surface area contributed by atoms with Crippen LogP contribution in [0.1, 0.15) is 6.42 Å². The van der Waals surface area contributed by atoms with E-state index in [4.69, 9.17) is 66.0 Å². The van der Waals surface area contributed by atoms with Gasteiger partial charge < -0.3 is 51.1 Å². The molecule has 0 atom stereocenters. The van der Waals surface area contributed by atoms with Crippen molar-refractivity contribution in [3.05, 3.63) is 75.0 Å². The molecular formula is C25H35N5O17. The number of hydrogen-bond acceptors (Lipinski definition) is 14. The van der Waals surface area contributed by atoms with Crippen LogP contribution in [-0.2, 0) is 19.2 Å². The third-order valence-electron chi connectivity index (χ3n) is 4.49. The first kappa shape index (κ1) is 45.3. The topological polar surface area (TPSA) is 354 Å². The van der Waals surface area contributed by atoms with Crippen molar-refractivity contribution in [2.45, 2.75) is 6.42 Å². The van der Waals surface area contributed by atoms with E-state index in [1.807, 2.05) is 24.3 Å². The molecule has 0 aliphatic heterocycles. The zero-order valence-electron chi connectivity index (χ0n) is 24.7. The van der Waals surface area contributed by atoms with Gasteiger partial charge in [0.15, 0.2) is 0 Å². The van der Waals surface area contributed by atoms with Crippen molar-refractivity contribution >= 4 is 40.5 Å². The highest BCUT2D eigenvalue weighted by Crippen LogP contribution is 2.25. The Labute approximate surface area is 264 Å². The van der Waals surface area contributed by atoms with E-state index in [2.05, 4.69) is 15.2 Å². The zero-order valence-corrected chi connectivity index (χ0v) is 24.7. The number of methoxy groups -OCH3 is 1. The summed E-state index contributed by atoms with van der Waals surface area (Å²) in [5.41, 5.74) is 1.95. The van der Waals surface area contributed by atoms with E-state index in [1.165, 1.54) is 0 Å². The van der Waals surface area contributed by atoms with Gasteiger partial charge in [0.2, 0.25) is 0 Å². The normalized spacial score (nSPS) is 9.70. The SMILES string of the molecule is COc1ccc2c(NCCCN(CCO)CCO)ccnc2c1.O=C(O)/C=C/C(=O)O.O=C(O)/C=C/C(=O)O.O=[N+]([O-])O.O=[N+]([O-])O. The van der Waals surface area contributed by atoms with Crippen LogP contribution in [0.15, 0.2) is 54.8 Å². The van der Waals surface area contributed by atoms with E-state index in [1.54, 1.807) is 13.3 Å². The highest BCUT2D eigenvalue weighted by molar-refractivity contribution is 5.92. The van der Waals surface area contributed by atoms with Crippen molar-refractivity contribution in [2.24, 2.45) is 0 Å². The molecule has 0 unspecified atom stereocenters. The van der Waals surface area contributed by atoms with Crippen LogP contribution in [0.2, 0.25) is 0 Å². The molecule has 0 fully saturated rings.